The van der Waals surface area contributed by atoms with Crippen LogP contribution >= 0.6 is 0 Å². The minimum atomic E-state index is -0.0306. The highest BCUT2D eigenvalue weighted by atomic mass is 16.5. The fourth-order valence-corrected chi connectivity index (χ4v) is 6.89. The van der Waals surface area contributed by atoms with Crippen LogP contribution in [0.1, 0.15) is 112 Å². The van der Waals surface area contributed by atoms with E-state index < -0.39 is 0 Å². The monoisotopic (exact) mass is 604 g/mol. The highest BCUT2D eigenvalue weighted by molar-refractivity contribution is 5.98. The van der Waals surface area contributed by atoms with Crippen molar-refractivity contribution in [1.29, 1.82) is 0 Å². The van der Waals surface area contributed by atoms with Crippen LogP contribution in [0.5, 0.6) is 11.5 Å². The van der Waals surface area contributed by atoms with E-state index in [1.807, 2.05) is 62.4 Å². The Hall–Kier alpha value is -2.70. The molecule has 2 aromatic carbocycles. The van der Waals surface area contributed by atoms with E-state index in [1.54, 1.807) is 0 Å². The van der Waals surface area contributed by atoms with Crippen LogP contribution in [0.25, 0.3) is 0 Å². The molecule has 0 N–H and O–H groups in total. The van der Waals surface area contributed by atoms with Gasteiger partial charge in [0.1, 0.15) is 11.5 Å². The summed E-state index contributed by atoms with van der Waals surface area (Å²) in [5.41, 5.74) is 1.55. The number of nitrogens with zero attached hydrogens (tertiary/aromatic N) is 2. The molecule has 4 rings (SSSR count). The van der Waals surface area contributed by atoms with E-state index >= 15 is 0 Å². The lowest BCUT2D eigenvalue weighted by atomic mass is 9.88. The van der Waals surface area contributed by atoms with Crippen molar-refractivity contribution in [3.63, 3.8) is 0 Å². The highest BCUT2D eigenvalue weighted by Crippen LogP contribution is 2.25. The van der Waals surface area contributed by atoms with Gasteiger partial charge in [-0.15, -0.1) is 0 Å². The van der Waals surface area contributed by atoms with Gasteiger partial charge in [0.15, 0.2) is 11.6 Å². The summed E-state index contributed by atoms with van der Waals surface area (Å²) < 4.78 is 11.2. The molecule has 2 fully saturated rings. The smallest absolute Gasteiger partial charge is 0.167 e. The number of carbonyl (C=O) groups is 2. The minimum Gasteiger partial charge on any atom is -0.494 e. The first-order valence-corrected chi connectivity index (χ1v) is 17.6. The minimum absolute atomic E-state index is 0.0306. The van der Waals surface area contributed by atoms with Crippen molar-refractivity contribution in [2.24, 2.45) is 11.8 Å². The van der Waals surface area contributed by atoms with Crippen LogP contribution in [-0.2, 0) is 0 Å². The second-order valence-corrected chi connectivity index (χ2v) is 12.8. The second-order valence-electron chi connectivity index (χ2n) is 12.8. The first kappa shape index (κ1) is 34.2. The summed E-state index contributed by atoms with van der Waals surface area (Å²) in [6.45, 7) is 11.2. The fraction of sp³-hybridized carbons (Fsp3) is 0.632. The van der Waals surface area contributed by atoms with Crippen LogP contribution < -0.4 is 9.47 Å². The Morgan fingerprint density at radius 2 is 0.909 bits per heavy atom. The molecule has 6 heteroatoms. The average molecular weight is 605 g/mol. The van der Waals surface area contributed by atoms with Crippen molar-refractivity contribution in [3.05, 3.63) is 59.7 Å². The molecule has 2 aromatic rings. The molecule has 0 amide bonds. The van der Waals surface area contributed by atoms with E-state index in [4.69, 9.17) is 9.47 Å². The molecule has 0 unspecified atom stereocenters. The summed E-state index contributed by atoms with van der Waals surface area (Å²) in [6.07, 6.45) is 13.6. The molecule has 2 aliphatic rings. The molecule has 242 valence electrons. The third kappa shape index (κ3) is 11.0. The van der Waals surface area contributed by atoms with Crippen LogP contribution in [0, 0.1) is 11.8 Å². The number of carbonyl (C=O) groups excluding carboxylic acids is 2. The Labute approximate surface area is 266 Å². The summed E-state index contributed by atoms with van der Waals surface area (Å²) >= 11 is 0. The maximum Gasteiger partial charge on any atom is 0.167 e. The Morgan fingerprint density at radius 3 is 1.23 bits per heavy atom. The third-order valence-corrected chi connectivity index (χ3v) is 9.35. The van der Waals surface area contributed by atoms with Crippen molar-refractivity contribution in [2.75, 3.05) is 52.5 Å². The van der Waals surface area contributed by atoms with Gasteiger partial charge >= 0.3 is 0 Å². The van der Waals surface area contributed by atoms with E-state index in [9.17, 15) is 9.59 Å². The quantitative estimate of drug-likeness (QED) is 0.134. The van der Waals surface area contributed by atoms with Crippen molar-refractivity contribution >= 4 is 11.6 Å². The largest absolute Gasteiger partial charge is 0.494 e. The summed E-state index contributed by atoms with van der Waals surface area (Å²) in [6, 6.07) is 15.4. The van der Waals surface area contributed by atoms with Crippen molar-refractivity contribution < 1.29 is 19.1 Å². The van der Waals surface area contributed by atoms with Crippen LogP contribution in [0.3, 0.4) is 0 Å². The Morgan fingerprint density at radius 1 is 0.568 bits per heavy atom. The zero-order chi connectivity index (χ0) is 31.0. The fourth-order valence-electron chi connectivity index (χ4n) is 6.89. The molecule has 0 aliphatic carbocycles. The van der Waals surface area contributed by atoms with Gasteiger partial charge in [-0.2, -0.15) is 0 Å². The lowest BCUT2D eigenvalue weighted by Gasteiger charge is -2.27. The van der Waals surface area contributed by atoms with Gasteiger partial charge in [0.2, 0.25) is 0 Å². The van der Waals surface area contributed by atoms with Gasteiger partial charge < -0.3 is 19.3 Å². The lowest BCUT2D eigenvalue weighted by molar-refractivity contribution is 0.0848. The van der Waals surface area contributed by atoms with Crippen LogP contribution in [0.4, 0.5) is 0 Å². The molecule has 2 atom stereocenters. The number of likely N-dealkylation sites (tertiary alicyclic amines) is 2. The van der Waals surface area contributed by atoms with Crippen molar-refractivity contribution in [3.8, 4) is 11.5 Å². The molecule has 6 nitrogen and oxygen atoms in total. The predicted octanol–water partition coefficient (Wildman–Crippen LogP) is 8.09. The van der Waals surface area contributed by atoms with Gasteiger partial charge in [-0.1, -0.05) is 38.5 Å². The molecule has 0 bridgehead atoms. The number of hydrogen-bond donors (Lipinski definition) is 0. The van der Waals surface area contributed by atoms with Gasteiger partial charge in [-0.05, 0) is 127 Å². The number of ketones is 2. The van der Waals surface area contributed by atoms with E-state index in [2.05, 4.69) is 9.80 Å². The highest BCUT2D eigenvalue weighted by Gasteiger charge is 2.26. The first-order valence-electron chi connectivity index (χ1n) is 17.6. The van der Waals surface area contributed by atoms with Crippen LogP contribution in [0.15, 0.2) is 48.5 Å². The van der Waals surface area contributed by atoms with E-state index in [-0.39, 0.29) is 23.4 Å². The van der Waals surface area contributed by atoms with Crippen LogP contribution in [0.2, 0.25) is 0 Å². The first-order chi connectivity index (χ1) is 21.6. The van der Waals surface area contributed by atoms with Gasteiger partial charge in [0.25, 0.3) is 0 Å². The molecule has 2 aliphatic heterocycles. The van der Waals surface area contributed by atoms with Gasteiger partial charge in [0.05, 0.1) is 13.2 Å². The molecular formula is C38H56N2O4. The summed E-state index contributed by atoms with van der Waals surface area (Å²) in [5, 5.41) is 0. The molecule has 2 saturated heterocycles. The number of hydrogen-bond acceptors (Lipinski definition) is 6. The molecule has 0 radical (unpaired) electrons. The predicted molar refractivity (Wildman–Crippen MR) is 179 cm³/mol. The zero-order valence-corrected chi connectivity index (χ0v) is 27.4. The normalized spacial score (nSPS) is 18.1. The molecule has 0 aromatic heterocycles. The van der Waals surface area contributed by atoms with E-state index in [1.165, 1.54) is 51.4 Å². The second kappa shape index (κ2) is 19.0. The van der Waals surface area contributed by atoms with Gasteiger partial charge in [-0.25, -0.2) is 0 Å². The number of benzene rings is 2. The standard InChI is InChI=1S/C38H56N2O4/c1-3-43-35-21-17-31(18-22-35)37(41)33(29-39-25-11-5-6-12-26-39)15-9-10-16-34(30-40-27-13-7-8-14-28-40)38(42)32-19-23-36(24-20-32)44-4-2/h17-24,33-34H,3-16,25-30H2,1-2H3/t33-,34+. The number of ether oxygens (including phenoxy) is 2. The van der Waals surface area contributed by atoms with Gasteiger partial charge in [-0.3, -0.25) is 9.59 Å². The van der Waals surface area contributed by atoms with E-state index in [0.29, 0.717) is 13.2 Å². The molecule has 2 heterocycles. The van der Waals surface area contributed by atoms with Crippen molar-refractivity contribution in [2.45, 2.75) is 90.9 Å². The Balaban J connectivity index is 1.41. The molecule has 44 heavy (non-hydrogen) atoms. The van der Waals surface area contributed by atoms with Crippen LogP contribution in [-0.4, -0.2) is 73.8 Å². The molecule has 0 saturated carbocycles. The number of rotatable bonds is 17. The topological polar surface area (TPSA) is 59.1 Å². The molecular weight excluding hydrogens is 548 g/mol. The summed E-state index contributed by atoms with van der Waals surface area (Å²) in [5.74, 6) is 2.03. The zero-order valence-electron chi connectivity index (χ0n) is 27.4. The maximum atomic E-state index is 13.8. The lowest BCUT2D eigenvalue weighted by Crippen LogP contribution is -2.35. The SMILES string of the molecule is CCOc1ccc(C(=O)[C@H](CCCC[C@@H](CN2CCCCCC2)C(=O)c2ccc(OCC)cc2)CN2CCCCCC2)cc1. The maximum absolute atomic E-state index is 13.8. The molecule has 0 spiro atoms. The van der Waals surface area contributed by atoms with E-state index in [0.717, 1.165) is 87.6 Å². The van der Waals surface area contributed by atoms with Gasteiger partial charge in [0, 0.05) is 36.1 Å². The third-order valence-electron chi connectivity index (χ3n) is 9.35. The van der Waals surface area contributed by atoms with Crippen molar-refractivity contribution in [1.82, 2.24) is 9.80 Å². The number of Topliss-reactive ketones (excluding diaryl/α,β-unsaturated/α-hetero) is 2. The Kier molecular flexibility index (Phi) is 14.7. The number of unbranched alkanes of at least 4 members (excludes halogenated alkanes) is 1. The summed E-state index contributed by atoms with van der Waals surface area (Å²) in [7, 11) is 0. The average Bonchev–Trinajstić information content (AvgIpc) is 3.47. The summed E-state index contributed by atoms with van der Waals surface area (Å²) in [4.78, 5) is 32.7. The Bertz CT molecular complexity index is 1010.